The molecule has 148 valence electrons. The van der Waals surface area contributed by atoms with Crippen molar-refractivity contribution < 1.29 is 9.59 Å². The summed E-state index contributed by atoms with van der Waals surface area (Å²) in [5.74, 6) is -0.318. The van der Waals surface area contributed by atoms with E-state index in [-0.39, 0.29) is 17.3 Å². The fourth-order valence-corrected chi connectivity index (χ4v) is 3.71. The van der Waals surface area contributed by atoms with Gasteiger partial charge < -0.3 is 5.32 Å². The summed E-state index contributed by atoms with van der Waals surface area (Å²) in [6.07, 6.45) is 1.65. The summed E-state index contributed by atoms with van der Waals surface area (Å²) in [5, 5.41) is 12.2. The molecule has 1 amide bonds. The van der Waals surface area contributed by atoms with Crippen LogP contribution >= 0.6 is 0 Å². The van der Waals surface area contributed by atoms with Crippen LogP contribution in [0, 0.1) is 18.3 Å². The summed E-state index contributed by atoms with van der Waals surface area (Å²) >= 11 is 0. The monoisotopic (exact) mass is 397 g/mol. The molecule has 6 nitrogen and oxygen atoms in total. The van der Waals surface area contributed by atoms with Crippen LogP contribution in [-0.2, 0) is 6.42 Å². The number of ketones is 1. The van der Waals surface area contributed by atoms with Gasteiger partial charge in [-0.15, -0.1) is 0 Å². The minimum atomic E-state index is -0.455. The summed E-state index contributed by atoms with van der Waals surface area (Å²) < 4.78 is 1.42. The van der Waals surface area contributed by atoms with E-state index in [1.54, 1.807) is 24.3 Å². The lowest BCUT2D eigenvalue weighted by Gasteiger charge is -2.20. The first-order valence-electron chi connectivity index (χ1n) is 9.69. The minimum absolute atomic E-state index is 0.0595. The number of nitrogens with zero attached hydrogens (tertiary/aromatic N) is 2. The molecule has 0 aliphatic heterocycles. The van der Waals surface area contributed by atoms with Gasteiger partial charge in [-0.1, -0.05) is 18.2 Å². The molecule has 2 aromatic carbocycles. The number of pyridine rings is 1. The van der Waals surface area contributed by atoms with Crippen molar-refractivity contribution in [3.8, 4) is 11.8 Å². The smallest absolute Gasteiger partial charge is 0.273 e. The molecule has 0 spiro atoms. The van der Waals surface area contributed by atoms with Gasteiger partial charge in [0.1, 0.15) is 11.6 Å². The second-order valence-corrected chi connectivity index (χ2v) is 7.26. The summed E-state index contributed by atoms with van der Waals surface area (Å²) in [7, 11) is 0. The number of hydrogen-bond donors (Lipinski definition) is 1. The standard InChI is InChI=1S/C24H19N3O3/c1-15-5-2-3-6-20(15)26-23(29)16-9-11-18(12-10-16)27-21-7-4-8-22(28)19(21)13-17(14-25)24(27)30/h2-3,5-6,9-13H,4,7-8H2,1H3,(H,26,29). The molecule has 4 rings (SSSR count). The van der Waals surface area contributed by atoms with E-state index in [0.717, 1.165) is 11.3 Å². The van der Waals surface area contributed by atoms with Crippen molar-refractivity contribution in [1.82, 2.24) is 4.57 Å². The van der Waals surface area contributed by atoms with Gasteiger partial charge in [-0.2, -0.15) is 5.26 Å². The van der Waals surface area contributed by atoms with Crippen LogP contribution in [0.2, 0.25) is 0 Å². The van der Waals surface area contributed by atoms with E-state index in [0.29, 0.717) is 41.8 Å². The van der Waals surface area contributed by atoms with Gasteiger partial charge in [-0.05, 0) is 61.7 Å². The third-order valence-corrected chi connectivity index (χ3v) is 5.32. The molecule has 1 aliphatic carbocycles. The van der Waals surface area contributed by atoms with Gasteiger partial charge in [0.05, 0.1) is 0 Å². The Kier molecular flexibility index (Phi) is 5.03. The van der Waals surface area contributed by atoms with Crippen LogP contribution in [0.1, 0.15) is 50.4 Å². The van der Waals surface area contributed by atoms with E-state index < -0.39 is 5.56 Å². The van der Waals surface area contributed by atoms with Crippen molar-refractivity contribution >= 4 is 17.4 Å². The Hall–Kier alpha value is -3.98. The van der Waals surface area contributed by atoms with Crippen LogP contribution in [0.4, 0.5) is 5.69 Å². The third-order valence-electron chi connectivity index (χ3n) is 5.32. The number of amides is 1. The number of nitrogens with one attached hydrogen (secondary N) is 1. The third kappa shape index (κ3) is 3.42. The number of para-hydroxylation sites is 1. The molecule has 0 atom stereocenters. The van der Waals surface area contributed by atoms with Crippen LogP contribution in [0.25, 0.3) is 5.69 Å². The fourth-order valence-electron chi connectivity index (χ4n) is 3.71. The predicted molar refractivity (Wildman–Crippen MR) is 113 cm³/mol. The number of carbonyl (C=O) groups is 2. The Morgan fingerprint density at radius 3 is 2.50 bits per heavy atom. The zero-order chi connectivity index (χ0) is 21.3. The number of aryl methyl sites for hydroxylation is 1. The van der Waals surface area contributed by atoms with Crippen LogP contribution < -0.4 is 10.9 Å². The van der Waals surface area contributed by atoms with Crippen LogP contribution in [-0.4, -0.2) is 16.3 Å². The van der Waals surface area contributed by atoms with Gasteiger partial charge in [0, 0.05) is 34.6 Å². The molecule has 1 heterocycles. The van der Waals surface area contributed by atoms with Gasteiger partial charge in [-0.25, -0.2) is 0 Å². The number of Topliss-reactive ketones (excluding diaryl/α,β-unsaturated/α-hetero) is 1. The molecule has 0 fully saturated rings. The number of aromatic nitrogens is 1. The predicted octanol–water partition coefficient (Wildman–Crippen LogP) is 3.79. The number of carbonyl (C=O) groups excluding carboxylic acids is 2. The maximum atomic E-state index is 12.8. The molecule has 0 bridgehead atoms. The number of anilines is 1. The van der Waals surface area contributed by atoms with Gasteiger partial charge in [-0.3, -0.25) is 19.0 Å². The first-order chi connectivity index (χ1) is 14.5. The SMILES string of the molecule is Cc1ccccc1NC(=O)c1ccc(-n2c3c(cc(C#N)c2=O)C(=O)CCC3)cc1. The van der Waals surface area contributed by atoms with Gasteiger partial charge in [0.2, 0.25) is 0 Å². The highest BCUT2D eigenvalue weighted by Gasteiger charge is 2.24. The molecule has 0 radical (unpaired) electrons. The zero-order valence-corrected chi connectivity index (χ0v) is 16.4. The molecule has 1 aromatic heterocycles. The average molecular weight is 397 g/mol. The highest BCUT2D eigenvalue weighted by Crippen LogP contribution is 2.24. The quantitative estimate of drug-likeness (QED) is 0.728. The molecule has 1 N–H and O–H groups in total. The molecular formula is C24H19N3O3. The summed E-state index contributed by atoms with van der Waals surface area (Å²) in [6, 6.07) is 17.4. The number of rotatable bonds is 3. The summed E-state index contributed by atoms with van der Waals surface area (Å²) in [6.45, 7) is 1.91. The summed E-state index contributed by atoms with van der Waals surface area (Å²) in [5.41, 5.74) is 3.18. The fraction of sp³-hybridized carbons (Fsp3) is 0.167. The molecular weight excluding hydrogens is 378 g/mol. The molecule has 3 aromatic rings. The Bertz CT molecular complexity index is 1260. The van der Waals surface area contributed by atoms with Crippen molar-refractivity contribution in [2.24, 2.45) is 0 Å². The number of benzene rings is 2. The molecule has 0 saturated carbocycles. The van der Waals surface area contributed by atoms with Crippen molar-refractivity contribution in [1.29, 1.82) is 5.26 Å². The van der Waals surface area contributed by atoms with Crippen molar-refractivity contribution in [3.05, 3.63) is 92.9 Å². The van der Waals surface area contributed by atoms with Crippen molar-refractivity contribution in [2.75, 3.05) is 5.32 Å². The Labute approximate surface area is 173 Å². The van der Waals surface area contributed by atoms with Crippen molar-refractivity contribution in [3.63, 3.8) is 0 Å². The highest BCUT2D eigenvalue weighted by atomic mass is 16.2. The second-order valence-electron chi connectivity index (χ2n) is 7.26. The molecule has 0 saturated heterocycles. The Balaban J connectivity index is 1.72. The highest BCUT2D eigenvalue weighted by molar-refractivity contribution is 6.04. The second kappa shape index (κ2) is 7.80. The molecule has 0 unspecified atom stereocenters. The number of nitriles is 1. The number of fused-ring (bicyclic) bond motifs is 1. The average Bonchev–Trinajstić information content (AvgIpc) is 2.75. The first-order valence-corrected chi connectivity index (χ1v) is 9.69. The normalized spacial score (nSPS) is 12.7. The van der Waals surface area contributed by atoms with Gasteiger partial charge in [0.15, 0.2) is 5.78 Å². The summed E-state index contributed by atoms with van der Waals surface area (Å²) in [4.78, 5) is 37.7. The van der Waals surface area contributed by atoms with Crippen LogP contribution in [0.5, 0.6) is 0 Å². The number of hydrogen-bond acceptors (Lipinski definition) is 4. The van der Waals surface area contributed by atoms with E-state index in [9.17, 15) is 19.6 Å². The lowest BCUT2D eigenvalue weighted by molar-refractivity contribution is 0.0969. The maximum Gasteiger partial charge on any atom is 0.273 e. The zero-order valence-electron chi connectivity index (χ0n) is 16.4. The van der Waals surface area contributed by atoms with E-state index >= 15 is 0 Å². The van der Waals surface area contributed by atoms with Crippen molar-refractivity contribution in [2.45, 2.75) is 26.2 Å². The topological polar surface area (TPSA) is 92.0 Å². The largest absolute Gasteiger partial charge is 0.322 e. The van der Waals surface area contributed by atoms with Crippen LogP contribution in [0.15, 0.2) is 59.4 Å². The van der Waals surface area contributed by atoms with E-state index in [2.05, 4.69) is 5.32 Å². The minimum Gasteiger partial charge on any atom is -0.322 e. The Morgan fingerprint density at radius 1 is 1.07 bits per heavy atom. The van der Waals surface area contributed by atoms with E-state index in [4.69, 9.17) is 0 Å². The molecule has 1 aliphatic rings. The lowest BCUT2D eigenvalue weighted by Crippen LogP contribution is -2.29. The van der Waals surface area contributed by atoms with Crippen LogP contribution in [0.3, 0.4) is 0 Å². The molecule has 6 heteroatoms. The van der Waals surface area contributed by atoms with Gasteiger partial charge >= 0.3 is 0 Å². The Morgan fingerprint density at radius 2 is 1.80 bits per heavy atom. The maximum absolute atomic E-state index is 12.8. The van der Waals surface area contributed by atoms with E-state index in [1.165, 1.54) is 10.6 Å². The first kappa shape index (κ1) is 19.3. The molecule has 30 heavy (non-hydrogen) atoms. The van der Waals surface area contributed by atoms with E-state index in [1.807, 2.05) is 37.3 Å². The lowest BCUT2D eigenvalue weighted by atomic mass is 9.93. The van der Waals surface area contributed by atoms with Gasteiger partial charge in [0.25, 0.3) is 11.5 Å².